The molecule has 194 valence electrons. The van der Waals surface area contributed by atoms with Gasteiger partial charge in [0.2, 0.25) is 0 Å². The van der Waals surface area contributed by atoms with Gasteiger partial charge in [-0.1, -0.05) is 97.1 Å². The molecule has 0 saturated carbocycles. The van der Waals surface area contributed by atoms with E-state index in [0.29, 0.717) is 26.2 Å². The fourth-order valence-corrected chi connectivity index (χ4v) is 4.30. The SMILES string of the molecule is CCOC(=O)C(Cc1ccc(OC/C=C(\c2ccccc2)c2ccc(-c3ccccc3)cc2)cc1)OCC. The summed E-state index contributed by atoms with van der Waals surface area (Å²) in [5, 5.41) is 0. The van der Waals surface area contributed by atoms with Gasteiger partial charge in [0.1, 0.15) is 12.4 Å². The Morgan fingerprint density at radius 2 is 1.32 bits per heavy atom. The minimum absolute atomic E-state index is 0.329. The quantitative estimate of drug-likeness (QED) is 0.188. The molecule has 0 aliphatic rings. The molecule has 4 aromatic rings. The molecule has 4 aromatic carbocycles. The fraction of sp³-hybridized carbons (Fsp3) is 0.206. The lowest BCUT2D eigenvalue weighted by Crippen LogP contribution is -2.28. The normalized spacial score (nSPS) is 12.1. The summed E-state index contributed by atoms with van der Waals surface area (Å²) in [5.74, 6) is 0.436. The van der Waals surface area contributed by atoms with Crippen molar-refractivity contribution in [1.29, 1.82) is 0 Å². The van der Waals surface area contributed by atoms with Crippen LogP contribution >= 0.6 is 0 Å². The highest BCUT2D eigenvalue weighted by atomic mass is 16.6. The Balaban J connectivity index is 1.45. The molecule has 0 spiro atoms. The van der Waals surface area contributed by atoms with Crippen molar-refractivity contribution in [3.8, 4) is 16.9 Å². The molecule has 0 aromatic heterocycles. The number of ether oxygens (including phenoxy) is 3. The van der Waals surface area contributed by atoms with Crippen LogP contribution in [0.5, 0.6) is 5.75 Å². The van der Waals surface area contributed by atoms with Crippen molar-refractivity contribution >= 4 is 11.5 Å². The number of esters is 1. The van der Waals surface area contributed by atoms with Crippen LogP contribution in [0.15, 0.2) is 115 Å². The van der Waals surface area contributed by atoms with Gasteiger partial charge in [-0.2, -0.15) is 0 Å². The standard InChI is InChI=1S/C34H34O4/c1-3-36-33(34(35)37-4-2)25-26-15-21-31(22-16-26)38-24-23-32(29-13-9-6-10-14-29)30-19-17-28(18-20-30)27-11-7-5-8-12-27/h5-23,33H,3-4,24-25H2,1-2H3/b32-23+. The van der Waals surface area contributed by atoms with Gasteiger partial charge in [0.15, 0.2) is 6.10 Å². The average molecular weight is 507 g/mol. The Morgan fingerprint density at radius 1 is 0.711 bits per heavy atom. The molecule has 0 bridgehead atoms. The summed E-state index contributed by atoms with van der Waals surface area (Å²) in [6, 6.07) is 37.2. The first kappa shape index (κ1) is 26.9. The summed E-state index contributed by atoms with van der Waals surface area (Å²) in [5.41, 5.74) is 6.77. The number of hydrogen-bond donors (Lipinski definition) is 0. The van der Waals surface area contributed by atoms with E-state index in [9.17, 15) is 4.79 Å². The van der Waals surface area contributed by atoms with E-state index in [4.69, 9.17) is 14.2 Å². The molecule has 0 saturated heterocycles. The van der Waals surface area contributed by atoms with Crippen LogP contribution in [0.2, 0.25) is 0 Å². The van der Waals surface area contributed by atoms with Crippen LogP contribution in [0.4, 0.5) is 0 Å². The van der Waals surface area contributed by atoms with E-state index >= 15 is 0 Å². The highest BCUT2D eigenvalue weighted by molar-refractivity contribution is 5.81. The van der Waals surface area contributed by atoms with E-state index < -0.39 is 6.10 Å². The van der Waals surface area contributed by atoms with E-state index in [1.54, 1.807) is 6.92 Å². The molecule has 0 aliphatic carbocycles. The van der Waals surface area contributed by atoms with Gasteiger partial charge in [0, 0.05) is 13.0 Å². The average Bonchev–Trinajstić information content (AvgIpc) is 2.97. The molecule has 4 heteroatoms. The summed E-state index contributed by atoms with van der Waals surface area (Å²) in [6.07, 6.45) is 1.98. The van der Waals surface area contributed by atoms with Crippen molar-refractivity contribution in [2.75, 3.05) is 19.8 Å². The van der Waals surface area contributed by atoms with Crippen molar-refractivity contribution in [3.05, 3.63) is 132 Å². The van der Waals surface area contributed by atoms with E-state index in [0.717, 1.165) is 28.0 Å². The van der Waals surface area contributed by atoms with Crippen LogP contribution < -0.4 is 4.74 Å². The first-order chi connectivity index (χ1) is 18.7. The molecule has 0 aliphatic heterocycles. The van der Waals surface area contributed by atoms with Gasteiger partial charge in [-0.3, -0.25) is 0 Å². The molecule has 0 N–H and O–H groups in total. The molecule has 0 amide bonds. The van der Waals surface area contributed by atoms with Crippen LogP contribution in [0.25, 0.3) is 16.7 Å². The maximum absolute atomic E-state index is 12.2. The number of carbonyl (C=O) groups excluding carboxylic acids is 1. The lowest BCUT2D eigenvalue weighted by atomic mass is 9.95. The second kappa shape index (κ2) is 14.0. The molecule has 4 nitrogen and oxygen atoms in total. The summed E-state index contributed by atoms with van der Waals surface area (Å²) in [4.78, 5) is 12.2. The zero-order valence-electron chi connectivity index (χ0n) is 22.0. The summed E-state index contributed by atoms with van der Waals surface area (Å²) >= 11 is 0. The van der Waals surface area contributed by atoms with Crippen LogP contribution in [0, 0.1) is 0 Å². The van der Waals surface area contributed by atoms with Crippen LogP contribution in [-0.4, -0.2) is 31.9 Å². The van der Waals surface area contributed by atoms with Crippen molar-refractivity contribution in [2.45, 2.75) is 26.4 Å². The third-order valence-corrected chi connectivity index (χ3v) is 6.19. The first-order valence-electron chi connectivity index (χ1n) is 13.1. The van der Waals surface area contributed by atoms with Crippen LogP contribution in [-0.2, 0) is 20.7 Å². The van der Waals surface area contributed by atoms with Gasteiger partial charge in [-0.15, -0.1) is 0 Å². The maximum atomic E-state index is 12.2. The van der Waals surface area contributed by atoms with E-state index in [1.165, 1.54) is 11.1 Å². The van der Waals surface area contributed by atoms with Gasteiger partial charge >= 0.3 is 5.97 Å². The molecule has 38 heavy (non-hydrogen) atoms. The Bertz CT molecular complexity index is 1290. The number of rotatable bonds is 12. The Kier molecular flexibility index (Phi) is 9.89. The smallest absolute Gasteiger partial charge is 0.335 e. The molecule has 4 rings (SSSR count). The predicted molar refractivity (Wildman–Crippen MR) is 153 cm³/mol. The summed E-state index contributed by atoms with van der Waals surface area (Å²) in [6.45, 7) is 4.89. The molecule has 0 fully saturated rings. The molecular weight excluding hydrogens is 472 g/mol. The highest BCUT2D eigenvalue weighted by Gasteiger charge is 2.20. The van der Waals surface area contributed by atoms with Gasteiger partial charge in [0.05, 0.1) is 6.61 Å². The second-order valence-electron chi connectivity index (χ2n) is 8.78. The van der Waals surface area contributed by atoms with E-state index in [-0.39, 0.29) is 5.97 Å². The lowest BCUT2D eigenvalue weighted by Gasteiger charge is -2.16. The van der Waals surface area contributed by atoms with Gasteiger partial charge in [-0.25, -0.2) is 4.79 Å². The molecule has 0 heterocycles. The van der Waals surface area contributed by atoms with Crippen molar-refractivity contribution < 1.29 is 19.0 Å². The van der Waals surface area contributed by atoms with Crippen molar-refractivity contribution in [3.63, 3.8) is 0 Å². The molecule has 1 atom stereocenters. The topological polar surface area (TPSA) is 44.8 Å². The number of carbonyl (C=O) groups is 1. The highest BCUT2D eigenvalue weighted by Crippen LogP contribution is 2.27. The Morgan fingerprint density at radius 3 is 1.95 bits per heavy atom. The third-order valence-electron chi connectivity index (χ3n) is 6.19. The Hall–Kier alpha value is -4.15. The van der Waals surface area contributed by atoms with E-state index in [1.807, 2.05) is 55.5 Å². The summed E-state index contributed by atoms with van der Waals surface area (Å²) < 4.78 is 16.8. The number of hydrogen-bond acceptors (Lipinski definition) is 4. The lowest BCUT2D eigenvalue weighted by molar-refractivity contribution is -0.156. The molecule has 1 unspecified atom stereocenters. The first-order valence-corrected chi connectivity index (χ1v) is 13.1. The molecule has 0 radical (unpaired) electrons. The third kappa shape index (κ3) is 7.44. The molecular formula is C34H34O4. The van der Waals surface area contributed by atoms with Crippen molar-refractivity contribution in [2.24, 2.45) is 0 Å². The van der Waals surface area contributed by atoms with Crippen molar-refractivity contribution in [1.82, 2.24) is 0 Å². The van der Waals surface area contributed by atoms with E-state index in [2.05, 4.69) is 66.7 Å². The van der Waals surface area contributed by atoms with Crippen LogP contribution in [0.3, 0.4) is 0 Å². The zero-order valence-corrected chi connectivity index (χ0v) is 22.0. The fourth-order valence-electron chi connectivity index (χ4n) is 4.30. The second-order valence-corrected chi connectivity index (χ2v) is 8.78. The van der Waals surface area contributed by atoms with Crippen LogP contribution in [0.1, 0.15) is 30.5 Å². The maximum Gasteiger partial charge on any atom is 0.335 e. The van der Waals surface area contributed by atoms with Gasteiger partial charge < -0.3 is 14.2 Å². The zero-order chi connectivity index (χ0) is 26.6. The largest absolute Gasteiger partial charge is 0.490 e. The number of benzene rings is 4. The summed E-state index contributed by atoms with van der Waals surface area (Å²) in [7, 11) is 0. The Labute approximate surface area is 225 Å². The van der Waals surface area contributed by atoms with Gasteiger partial charge in [0.25, 0.3) is 0 Å². The monoisotopic (exact) mass is 506 g/mol. The van der Waals surface area contributed by atoms with Gasteiger partial charge in [-0.05, 0) is 65.4 Å². The predicted octanol–water partition coefficient (Wildman–Crippen LogP) is 7.38. The minimum atomic E-state index is -0.601. The minimum Gasteiger partial charge on any atom is -0.490 e.